The molecule has 1 heterocycles. The normalized spacial score (nSPS) is 10.8. The lowest BCUT2D eigenvalue weighted by Crippen LogP contribution is -2.28. The number of rotatable bonds is 7. The predicted octanol–water partition coefficient (Wildman–Crippen LogP) is 1.90. The number of thiazole rings is 1. The van der Waals surface area contributed by atoms with Gasteiger partial charge in [0.25, 0.3) is 0 Å². The van der Waals surface area contributed by atoms with Gasteiger partial charge in [0.1, 0.15) is 4.88 Å². The van der Waals surface area contributed by atoms with Crippen LogP contribution in [0.3, 0.4) is 0 Å². The molecule has 0 unspecified atom stereocenters. The molecule has 6 heteroatoms. The number of aromatic nitrogens is 1. The summed E-state index contributed by atoms with van der Waals surface area (Å²) < 4.78 is 0. The van der Waals surface area contributed by atoms with E-state index in [1.54, 1.807) is 6.92 Å². The number of carboxylic acids is 1. The summed E-state index contributed by atoms with van der Waals surface area (Å²) in [6.07, 6.45) is 0. The molecule has 5 nitrogen and oxygen atoms in total. The predicted molar refractivity (Wildman–Crippen MR) is 70.1 cm³/mol. The van der Waals surface area contributed by atoms with Crippen LogP contribution in [0.4, 0.5) is 5.13 Å². The first-order chi connectivity index (χ1) is 8.08. The number of hydrogen-bond donors (Lipinski definition) is 2. The van der Waals surface area contributed by atoms with Crippen molar-refractivity contribution >= 4 is 22.4 Å². The largest absolute Gasteiger partial charge is 0.477 e. The number of anilines is 1. The van der Waals surface area contributed by atoms with Crippen molar-refractivity contribution in [2.75, 3.05) is 31.5 Å². The number of likely N-dealkylation sites (N-methyl/N-ethyl adjacent to an activating group) is 1. The lowest BCUT2D eigenvalue weighted by atomic mass is 10.4. The molecule has 2 N–H and O–H groups in total. The Labute approximate surface area is 105 Å². The van der Waals surface area contributed by atoms with E-state index < -0.39 is 5.97 Å². The fraction of sp³-hybridized carbons (Fsp3) is 0.636. The molecule has 17 heavy (non-hydrogen) atoms. The van der Waals surface area contributed by atoms with Gasteiger partial charge in [-0.05, 0) is 20.0 Å². The van der Waals surface area contributed by atoms with Crippen LogP contribution >= 0.6 is 11.3 Å². The number of carbonyl (C=O) groups is 1. The molecule has 0 bridgehead atoms. The van der Waals surface area contributed by atoms with E-state index >= 15 is 0 Å². The Hall–Kier alpha value is -1.14. The molecular formula is C11H19N3O2S. The Morgan fingerprint density at radius 2 is 2.12 bits per heavy atom. The van der Waals surface area contributed by atoms with Gasteiger partial charge in [0.15, 0.2) is 5.13 Å². The lowest BCUT2D eigenvalue weighted by molar-refractivity contribution is 0.0701. The average Bonchev–Trinajstić information content (AvgIpc) is 2.66. The first kappa shape index (κ1) is 13.9. The third-order valence-electron chi connectivity index (χ3n) is 2.59. The molecule has 0 atom stereocenters. The summed E-state index contributed by atoms with van der Waals surface area (Å²) in [7, 11) is 0. The second kappa shape index (κ2) is 6.56. The van der Waals surface area contributed by atoms with Crippen molar-refractivity contribution in [2.45, 2.75) is 20.8 Å². The zero-order valence-electron chi connectivity index (χ0n) is 10.5. The Bertz CT molecular complexity index is 375. The van der Waals surface area contributed by atoms with Gasteiger partial charge in [0.05, 0.1) is 5.69 Å². The molecule has 0 aliphatic carbocycles. The number of aryl methyl sites for hydroxylation is 1. The third kappa shape index (κ3) is 3.98. The van der Waals surface area contributed by atoms with Crippen LogP contribution in [0.1, 0.15) is 29.2 Å². The smallest absolute Gasteiger partial charge is 0.347 e. The van der Waals surface area contributed by atoms with E-state index in [4.69, 9.17) is 5.11 Å². The van der Waals surface area contributed by atoms with Crippen LogP contribution < -0.4 is 5.32 Å². The molecule has 1 aromatic heterocycles. The lowest BCUT2D eigenvalue weighted by Gasteiger charge is -2.17. The second-order valence-electron chi connectivity index (χ2n) is 3.69. The highest BCUT2D eigenvalue weighted by molar-refractivity contribution is 7.17. The molecule has 1 aromatic rings. The van der Waals surface area contributed by atoms with Gasteiger partial charge in [-0.1, -0.05) is 25.2 Å². The molecule has 96 valence electrons. The van der Waals surface area contributed by atoms with Crippen LogP contribution in [-0.2, 0) is 0 Å². The quantitative estimate of drug-likeness (QED) is 0.781. The summed E-state index contributed by atoms with van der Waals surface area (Å²) in [5.41, 5.74) is 0.577. The van der Waals surface area contributed by atoms with Gasteiger partial charge in [-0.25, -0.2) is 9.78 Å². The molecule has 1 rings (SSSR count). The Kier molecular flexibility index (Phi) is 5.37. The molecule has 0 aliphatic heterocycles. The summed E-state index contributed by atoms with van der Waals surface area (Å²) in [4.78, 5) is 17.6. The SMILES string of the molecule is CCN(CC)CCNc1nc(C)c(C(=O)O)s1. The maximum absolute atomic E-state index is 10.8. The average molecular weight is 257 g/mol. The zero-order valence-corrected chi connectivity index (χ0v) is 11.3. The standard InChI is InChI=1S/C11H19N3O2S/c1-4-14(5-2)7-6-12-11-13-8(3)9(17-11)10(15)16/h4-7H2,1-3H3,(H,12,13)(H,15,16). The van der Waals surface area contributed by atoms with Crippen LogP contribution in [0.15, 0.2) is 0 Å². The van der Waals surface area contributed by atoms with Crippen LogP contribution in [0, 0.1) is 6.92 Å². The number of hydrogen-bond acceptors (Lipinski definition) is 5. The molecule has 0 aliphatic rings. The van der Waals surface area contributed by atoms with E-state index in [1.807, 2.05) is 0 Å². The third-order valence-corrected chi connectivity index (χ3v) is 3.69. The highest BCUT2D eigenvalue weighted by Gasteiger charge is 2.13. The first-order valence-electron chi connectivity index (χ1n) is 5.75. The Balaban J connectivity index is 2.47. The molecule has 0 amide bonds. The number of aromatic carboxylic acids is 1. The van der Waals surface area contributed by atoms with E-state index in [1.165, 1.54) is 11.3 Å². The summed E-state index contributed by atoms with van der Waals surface area (Å²) in [5, 5.41) is 12.8. The van der Waals surface area contributed by atoms with Crippen molar-refractivity contribution in [1.29, 1.82) is 0 Å². The number of nitrogens with one attached hydrogen (secondary N) is 1. The molecule has 0 radical (unpaired) electrons. The van der Waals surface area contributed by atoms with E-state index in [2.05, 4.69) is 29.0 Å². The van der Waals surface area contributed by atoms with E-state index in [9.17, 15) is 4.79 Å². The van der Waals surface area contributed by atoms with Gasteiger partial charge in [0, 0.05) is 13.1 Å². The molecular weight excluding hydrogens is 238 g/mol. The fourth-order valence-electron chi connectivity index (χ4n) is 1.53. The van der Waals surface area contributed by atoms with Gasteiger partial charge in [0.2, 0.25) is 0 Å². The molecule has 0 saturated heterocycles. The summed E-state index contributed by atoms with van der Waals surface area (Å²) in [5.74, 6) is -0.906. The summed E-state index contributed by atoms with van der Waals surface area (Å²) >= 11 is 1.19. The van der Waals surface area contributed by atoms with E-state index in [0.717, 1.165) is 26.2 Å². The highest BCUT2D eigenvalue weighted by Crippen LogP contribution is 2.21. The number of carboxylic acid groups (broad SMARTS) is 1. The molecule has 0 fully saturated rings. The minimum atomic E-state index is -0.906. The van der Waals surface area contributed by atoms with Gasteiger partial charge >= 0.3 is 5.97 Å². The number of nitrogens with zero attached hydrogens (tertiary/aromatic N) is 2. The van der Waals surface area contributed by atoms with Crippen LogP contribution in [-0.4, -0.2) is 47.1 Å². The van der Waals surface area contributed by atoms with Crippen molar-refractivity contribution in [2.24, 2.45) is 0 Å². The minimum absolute atomic E-state index is 0.315. The van der Waals surface area contributed by atoms with E-state index in [-0.39, 0.29) is 0 Å². The molecule has 0 aromatic carbocycles. The first-order valence-corrected chi connectivity index (χ1v) is 6.57. The van der Waals surface area contributed by atoms with Crippen molar-refractivity contribution in [3.63, 3.8) is 0 Å². The van der Waals surface area contributed by atoms with Crippen molar-refractivity contribution in [3.8, 4) is 0 Å². The van der Waals surface area contributed by atoms with Crippen molar-refractivity contribution < 1.29 is 9.90 Å². The van der Waals surface area contributed by atoms with Crippen molar-refractivity contribution in [3.05, 3.63) is 10.6 Å². The van der Waals surface area contributed by atoms with Crippen molar-refractivity contribution in [1.82, 2.24) is 9.88 Å². The topological polar surface area (TPSA) is 65.5 Å². The van der Waals surface area contributed by atoms with E-state index in [0.29, 0.717) is 15.7 Å². The van der Waals surface area contributed by atoms with Gasteiger partial charge in [-0.15, -0.1) is 0 Å². The van der Waals surface area contributed by atoms with Gasteiger partial charge in [-0.3, -0.25) is 0 Å². The fourth-order valence-corrected chi connectivity index (χ4v) is 2.36. The van der Waals surface area contributed by atoms with Gasteiger partial charge in [-0.2, -0.15) is 0 Å². The van der Waals surface area contributed by atoms with Crippen LogP contribution in [0.2, 0.25) is 0 Å². The Morgan fingerprint density at radius 1 is 1.47 bits per heavy atom. The summed E-state index contributed by atoms with van der Waals surface area (Å²) in [6, 6.07) is 0. The zero-order chi connectivity index (χ0) is 12.8. The maximum atomic E-state index is 10.8. The van der Waals surface area contributed by atoms with Crippen LogP contribution in [0.5, 0.6) is 0 Å². The minimum Gasteiger partial charge on any atom is -0.477 e. The van der Waals surface area contributed by atoms with Crippen LogP contribution in [0.25, 0.3) is 0 Å². The van der Waals surface area contributed by atoms with Gasteiger partial charge < -0.3 is 15.3 Å². The second-order valence-corrected chi connectivity index (χ2v) is 4.69. The Morgan fingerprint density at radius 3 is 2.59 bits per heavy atom. The maximum Gasteiger partial charge on any atom is 0.347 e. The monoisotopic (exact) mass is 257 g/mol. The highest BCUT2D eigenvalue weighted by atomic mass is 32.1. The molecule has 0 spiro atoms. The summed E-state index contributed by atoms with van der Waals surface area (Å²) in [6.45, 7) is 9.74. The molecule has 0 saturated carbocycles.